The van der Waals surface area contributed by atoms with Crippen LogP contribution in [0.4, 0.5) is 4.79 Å². The minimum atomic E-state index is -0.836. The Bertz CT molecular complexity index is 1160. The maximum atomic E-state index is 12.2. The molecule has 2 fully saturated rings. The van der Waals surface area contributed by atoms with Gasteiger partial charge in [0.1, 0.15) is 5.75 Å². The summed E-state index contributed by atoms with van der Waals surface area (Å²) in [6, 6.07) is 13.6. The number of methoxy groups -OCH3 is 1. The molecule has 198 valence electrons. The van der Waals surface area contributed by atoms with Crippen molar-refractivity contribution in [3.05, 3.63) is 53.6 Å². The van der Waals surface area contributed by atoms with Crippen molar-refractivity contribution in [1.82, 2.24) is 10.2 Å². The van der Waals surface area contributed by atoms with Crippen molar-refractivity contribution < 1.29 is 28.9 Å². The van der Waals surface area contributed by atoms with E-state index < -0.39 is 11.6 Å². The summed E-state index contributed by atoms with van der Waals surface area (Å²) in [5.41, 5.74) is 3.23. The monoisotopic (exact) mass is 508 g/mol. The highest BCUT2D eigenvalue weighted by atomic mass is 16.7. The van der Waals surface area contributed by atoms with Gasteiger partial charge >= 0.3 is 6.09 Å². The summed E-state index contributed by atoms with van der Waals surface area (Å²) in [5, 5.41) is 12.7. The first-order valence-electron chi connectivity index (χ1n) is 13.0. The van der Waals surface area contributed by atoms with Crippen molar-refractivity contribution in [2.24, 2.45) is 11.3 Å². The largest absolute Gasteiger partial charge is 0.465 e. The summed E-state index contributed by atoms with van der Waals surface area (Å²) >= 11 is 0. The third kappa shape index (κ3) is 4.92. The number of likely N-dealkylation sites (tertiary alicyclic amines) is 1. The van der Waals surface area contributed by atoms with Crippen molar-refractivity contribution in [2.45, 2.75) is 58.0 Å². The molecule has 2 N–H and O–H groups in total. The average molecular weight is 509 g/mol. The molecular weight excluding hydrogens is 472 g/mol. The second kappa shape index (κ2) is 9.99. The standard InChI is InChI=1S/C29H36N2O6/c1-28(11-12-28)29(2)17-22(10-14-31(29)27(33)34)26-36-18-23-16-21(8-9-24(23)37-26)19-4-6-20(7-5-19)25(32)30-13-15-35-3/h4-9,16,22,26H,10-15,17-18H2,1-3H3,(H,30,32)(H,33,34). The van der Waals surface area contributed by atoms with Gasteiger partial charge in [0, 0.05) is 42.8 Å². The number of fused-ring (bicyclic) bond motifs is 1. The van der Waals surface area contributed by atoms with Crippen molar-refractivity contribution >= 4 is 12.0 Å². The zero-order valence-electron chi connectivity index (χ0n) is 21.8. The van der Waals surface area contributed by atoms with Crippen LogP contribution in [0.5, 0.6) is 5.75 Å². The molecule has 2 aromatic rings. The number of nitrogens with one attached hydrogen (secondary N) is 1. The number of carbonyl (C=O) groups is 2. The van der Waals surface area contributed by atoms with Crippen LogP contribution in [0.25, 0.3) is 11.1 Å². The van der Waals surface area contributed by atoms with Crippen LogP contribution < -0.4 is 10.1 Å². The van der Waals surface area contributed by atoms with Gasteiger partial charge in [-0.2, -0.15) is 0 Å². The molecule has 37 heavy (non-hydrogen) atoms. The molecular formula is C29H36N2O6. The number of carbonyl (C=O) groups excluding carboxylic acids is 1. The number of piperidine rings is 1. The van der Waals surface area contributed by atoms with E-state index in [9.17, 15) is 14.7 Å². The number of ether oxygens (including phenoxy) is 3. The molecule has 1 saturated heterocycles. The first-order chi connectivity index (χ1) is 17.7. The zero-order chi connectivity index (χ0) is 26.2. The maximum Gasteiger partial charge on any atom is 0.407 e. The molecule has 1 saturated carbocycles. The van der Waals surface area contributed by atoms with Gasteiger partial charge < -0.3 is 29.5 Å². The Kier molecular flexibility index (Phi) is 6.89. The van der Waals surface area contributed by atoms with Gasteiger partial charge in [0.05, 0.1) is 13.2 Å². The molecule has 3 atom stereocenters. The third-order valence-electron chi connectivity index (χ3n) is 8.67. The fourth-order valence-corrected chi connectivity index (χ4v) is 5.83. The lowest BCUT2D eigenvalue weighted by Gasteiger charge is -2.51. The highest BCUT2D eigenvalue weighted by Gasteiger charge is 2.60. The molecule has 3 unspecified atom stereocenters. The van der Waals surface area contributed by atoms with E-state index in [2.05, 4.69) is 25.2 Å². The summed E-state index contributed by atoms with van der Waals surface area (Å²) in [7, 11) is 1.60. The highest BCUT2D eigenvalue weighted by Crippen LogP contribution is 2.60. The fourth-order valence-electron chi connectivity index (χ4n) is 5.83. The van der Waals surface area contributed by atoms with E-state index in [0.717, 1.165) is 48.1 Å². The van der Waals surface area contributed by atoms with Crippen LogP contribution in [-0.2, 0) is 16.1 Å². The van der Waals surface area contributed by atoms with Gasteiger partial charge in [-0.25, -0.2) is 4.79 Å². The number of hydrogen-bond donors (Lipinski definition) is 2. The van der Waals surface area contributed by atoms with Crippen molar-refractivity contribution in [3.63, 3.8) is 0 Å². The number of benzene rings is 2. The van der Waals surface area contributed by atoms with E-state index in [0.29, 0.717) is 31.9 Å². The Hall–Kier alpha value is -3.10. The number of nitrogens with zero attached hydrogens (tertiary/aromatic N) is 1. The average Bonchev–Trinajstić information content (AvgIpc) is 3.67. The van der Waals surface area contributed by atoms with Crippen molar-refractivity contribution in [3.8, 4) is 16.9 Å². The Morgan fingerprint density at radius 1 is 1.14 bits per heavy atom. The molecule has 5 rings (SSSR count). The Morgan fingerprint density at radius 2 is 1.86 bits per heavy atom. The quantitative estimate of drug-likeness (QED) is 0.516. The summed E-state index contributed by atoms with van der Waals surface area (Å²) in [6.45, 7) is 6.19. The summed E-state index contributed by atoms with van der Waals surface area (Å²) in [5.74, 6) is 0.824. The van der Waals surface area contributed by atoms with Crippen LogP contribution in [0, 0.1) is 11.3 Å². The SMILES string of the molecule is COCCNC(=O)c1ccc(-c2ccc3c(c2)COC(C2CCN(C(=O)O)C(C)(C4(C)CC4)C2)O3)cc1. The zero-order valence-corrected chi connectivity index (χ0v) is 21.8. The maximum absolute atomic E-state index is 12.2. The van der Waals surface area contributed by atoms with E-state index in [1.807, 2.05) is 36.4 Å². The fraction of sp³-hybridized carbons (Fsp3) is 0.517. The van der Waals surface area contributed by atoms with Gasteiger partial charge in [0.2, 0.25) is 6.29 Å². The molecule has 2 amide bonds. The number of hydrogen-bond acceptors (Lipinski definition) is 5. The molecule has 0 bridgehead atoms. The van der Waals surface area contributed by atoms with Crippen LogP contribution in [0.1, 0.15) is 55.5 Å². The summed E-state index contributed by atoms with van der Waals surface area (Å²) < 4.78 is 17.5. The Morgan fingerprint density at radius 3 is 2.54 bits per heavy atom. The van der Waals surface area contributed by atoms with Gasteiger partial charge in [-0.3, -0.25) is 4.79 Å². The molecule has 0 spiro atoms. The van der Waals surface area contributed by atoms with E-state index in [-0.39, 0.29) is 23.5 Å². The molecule has 0 radical (unpaired) electrons. The molecule has 2 aliphatic heterocycles. The van der Waals surface area contributed by atoms with Crippen LogP contribution in [0.15, 0.2) is 42.5 Å². The number of carboxylic acid groups (broad SMARTS) is 1. The minimum absolute atomic E-state index is 0.0195. The molecule has 8 heteroatoms. The molecule has 2 aromatic carbocycles. The van der Waals surface area contributed by atoms with Crippen LogP contribution in [0.2, 0.25) is 0 Å². The lowest BCUT2D eigenvalue weighted by atomic mass is 9.71. The van der Waals surface area contributed by atoms with Gasteiger partial charge in [0.15, 0.2) is 0 Å². The van der Waals surface area contributed by atoms with Gasteiger partial charge in [-0.1, -0.05) is 25.1 Å². The predicted octanol–water partition coefficient (Wildman–Crippen LogP) is 4.91. The van der Waals surface area contributed by atoms with Crippen molar-refractivity contribution in [2.75, 3.05) is 26.8 Å². The Labute approximate surface area is 217 Å². The molecule has 1 aliphatic carbocycles. The summed E-state index contributed by atoms with van der Waals surface area (Å²) in [6.07, 6.45) is 2.35. The molecule has 0 aromatic heterocycles. The molecule has 3 aliphatic rings. The lowest BCUT2D eigenvalue weighted by Crippen LogP contribution is -2.60. The van der Waals surface area contributed by atoms with Crippen molar-refractivity contribution in [1.29, 1.82) is 0 Å². The highest BCUT2D eigenvalue weighted by molar-refractivity contribution is 5.94. The van der Waals surface area contributed by atoms with Crippen LogP contribution in [-0.4, -0.2) is 60.6 Å². The lowest BCUT2D eigenvalue weighted by molar-refractivity contribution is -0.163. The van der Waals surface area contributed by atoms with Gasteiger partial charge in [-0.05, 0) is 73.4 Å². The van der Waals surface area contributed by atoms with E-state index in [4.69, 9.17) is 14.2 Å². The van der Waals surface area contributed by atoms with E-state index in [1.54, 1.807) is 12.0 Å². The third-order valence-corrected chi connectivity index (χ3v) is 8.67. The first-order valence-corrected chi connectivity index (χ1v) is 13.0. The smallest absolute Gasteiger partial charge is 0.407 e. The minimum Gasteiger partial charge on any atom is -0.465 e. The second-order valence-corrected chi connectivity index (χ2v) is 11.0. The van der Waals surface area contributed by atoms with Crippen LogP contribution >= 0.6 is 0 Å². The second-order valence-electron chi connectivity index (χ2n) is 11.0. The first kappa shape index (κ1) is 25.5. The predicted molar refractivity (Wildman–Crippen MR) is 138 cm³/mol. The van der Waals surface area contributed by atoms with Gasteiger partial charge in [-0.15, -0.1) is 0 Å². The van der Waals surface area contributed by atoms with Gasteiger partial charge in [0.25, 0.3) is 5.91 Å². The normalized spacial score (nSPS) is 26.1. The Balaban J connectivity index is 1.26. The van der Waals surface area contributed by atoms with E-state index in [1.165, 1.54) is 0 Å². The number of amides is 2. The van der Waals surface area contributed by atoms with Crippen LogP contribution in [0.3, 0.4) is 0 Å². The summed E-state index contributed by atoms with van der Waals surface area (Å²) in [4.78, 5) is 25.9. The topological polar surface area (TPSA) is 97.3 Å². The number of rotatable bonds is 7. The van der Waals surface area contributed by atoms with E-state index >= 15 is 0 Å². The molecule has 2 heterocycles. The molecule has 8 nitrogen and oxygen atoms in total.